The number of aliphatic carboxylic acids is 1. The number of carboxylic acid groups (broad SMARTS) is 1. The van der Waals surface area contributed by atoms with Crippen LogP contribution in [0.25, 0.3) is 0 Å². The van der Waals surface area contributed by atoms with Gasteiger partial charge in [0.15, 0.2) is 0 Å². The quantitative estimate of drug-likeness (QED) is 0.585. The highest BCUT2D eigenvalue weighted by Crippen LogP contribution is 2.08. The fourth-order valence-corrected chi connectivity index (χ4v) is 2.04. The second kappa shape index (κ2) is 7.04. The lowest BCUT2D eigenvalue weighted by Gasteiger charge is -2.13. The Balaban J connectivity index is 2.56. The zero-order valence-electron chi connectivity index (χ0n) is 11.4. The molecule has 1 aromatic carbocycles. The summed E-state index contributed by atoms with van der Waals surface area (Å²) in [6.45, 7) is 1.78. The predicted molar refractivity (Wildman–Crippen MR) is 74.9 cm³/mol. The molecule has 9 heteroatoms. The number of benzene rings is 1. The highest BCUT2D eigenvalue weighted by Gasteiger charge is 2.17. The molecule has 0 saturated carbocycles. The summed E-state index contributed by atoms with van der Waals surface area (Å²) in [6, 6.07) is 4.12. The molecule has 1 rings (SSSR count). The second-order valence-electron chi connectivity index (χ2n) is 4.32. The van der Waals surface area contributed by atoms with Crippen molar-refractivity contribution in [2.45, 2.75) is 30.8 Å². The van der Waals surface area contributed by atoms with Gasteiger partial charge in [-0.15, -0.1) is 0 Å². The summed E-state index contributed by atoms with van der Waals surface area (Å²) in [5.74, 6) is -1.11. The highest BCUT2D eigenvalue weighted by molar-refractivity contribution is 7.89. The number of carbonyl (C=O) groups excluding carboxylic acids is 1. The zero-order valence-corrected chi connectivity index (χ0v) is 12.2. The Morgan fingerprint density at radius 3 is 2.29 bits per heavy atom. The molecule has 116 valence electrons. The Morgan fingerprint density at radius 2 is 1.86 bits per heavy atom. The van der Waals surface area contributed by atoms with E-state index in [-0.39, 0.29) is 17.9 Å². The first-order chi connectivity index (χ1) is 9.74. The molecule has 0 unspecified atom stereocenters. The summed E-state index contributed by atoms with van der Waals surface area (Å²) < 4.78 is 22.1. The number of nitrogens with two attached hydrogens (primary N) is 1. The first-order valence-corrected chi connectivity index (χ1v) is 7.67. The topological polar surface area (TPSA) is 139 Å². The molecule has 2 amide bonds. The average molecular weight is 315 g/mol. The summed E-state index contributed by atoms with van der Waals surface area (Å²) in [5, 5.41) is 18.6. The van der Waals surface area contributed by atoms with Gasteiger partial charge in [-0.05, 0) is 24.1 Å². The SMILES string of the molecule is CC[C@@H](NC(=O)NCc1ccc(S(N)(=O)=O)cc1)C(=O)O. The minimum Gasteiger partial charge on any atom is -0.480 e. The van der Waals surface area contributed by atoms with Crippen LogP contribution in [0.3, 0.4) is 0 Å². The molecule has 8 nitrogen and oxygen atoms in total. The molecule has 0 radical (unpaired) electrons. The summed E-state index contributed by atoms with van der Waals surface area (Å²) in [5.41, 5.74) is 0.654. The van der Waals surface area contributed by atoms with E-state index in [4.69, 9.17) is 10.2 Å². The first kappa shape index (κ1) is 16.9. The molecule has 1 atom stereocenters. The number of carbonyl (C=O) groups is 2. The second-order valence-corrected chi connectivity index (χ2v) is 5.88. The maximum atomic E-state index is 11.5. The van der Waals surface area contributed by atoms with Gasteiger partial charge in [0, 0.05) is 6.54 Å². The van der Waals surface area contributed by atoms with Gasteiger partial charge in [0.2, 0.25) is 10.0 Å². The molecule has 5 N–H and O–H groups in total. The molecular weight excluding hydrogens is 298 g/mol. The number of hydrogen-bond acceptors (Lipinski definition) is 4. The van der Waals surface area contributed by atoms with Gasteiger partial charge < -0.3 is 15.7 Å². The number of hydrogen-bond donors (Lipinski definition) is 4. The Bertz CT molecular complexity index is 612. The fraction of sp³-hybridized carbons (Fsp3) is 0.333. The van der Waals surface area contributed by atoms with Crippen LogP contribution in [-0.4, -0.2) is 31.6 Å². The summed E-state index contributed by atoms with van der Waals surface area (Å²) in [6.07, 6.45) is 0.270. The third-order valence-electron chi connectivity index (χ3n) is 2.72. The monoisotopic (exact) mass is 315 g/mol. The Morgan fingerprint density at radius 1 is 1.29 bits per heavy atom. The number of sulfonamides is 1. The molecule has 0 saturated heterocycles. The third-order valence-corrected chi connectivity index (χ3v) is 3.65. The van der Waals surface area contributed by atoms with Crippen LogP contribution in [0.1, 0.15) is 18.9 Å². The third kappa shape index (κ3) is 5.40. The zero-order chi connectivity index (χ0) is 16.0. The van der Waals surface area contributed by atoms with Gasteiger partial charge in [0.25, 0.3) is 0 Å². The van der Waals surface area contributed by atoms with E-state index in [1.807, 2.05) is 0 Å². The molecule has 0 spiro atoms. The molecule has 0 aliphatic rings. The van der Waals surface area contributed by atoms with Gasteiger partial charge in [-0.2, -0.15) is 0 Å². The van der Waals surface area contributed by atoms with Crippen LogP contribution >= 0.6 is 0 Å². The predicted octanol–water partition coefficient (Wildman–Crippen LogP) is -0.00360. The van der Waals surface area contributed by atoms with Gasteiger partial charge in [-0.1, -0.05) is 19.1 Å². The molecule has 0 aliphatic carbocycles. The molecule has 21 heavy (non-hydrogen) atoms. The van der Waals surface area contributed by atoms with E-state index in [2.05, 4.69) is 10.6 Å². The first-order valence-electron chi connectivity index (χ1n) is 6.13. The molecule has 0 fully saturated rings. The lowest BCUT2D eigenvalue weighted by Crippen LogP contribution is -2.45. The lowest BCUT2D eigenvalue weighted by atomic mass is 10.2. The number of rotatable bonds is 6. The molecule has 0 heterocycles. The number of carboxylic acids is 1. The minimum atomic E-state index is -3.74. The average Bonchev–Trinajstić information content (AvgIpc) is 2.41. The number of amides is 2. The smallest absolute Gasteiger partial charge is 0.326 e. The summed E-state index contributed by atoms with van der Waals surface area (Å²) >= 11 is 0. The van der Waals surface area contributed by atoms with Crippen molar-refractivity contribution in [3.63, 3.8) is 0 Å². The van der Waals surface area contributed by atoms with E-state index in [1.165, 1.54) is 24.3 Å². The fourth-order valence-electron chi connectivity index (χ4n) is 1.53. The van der Waals surface area contributed by atoms with Gasteiger partial charge in [-0.3, -0.25) is 0 Å². The van der Waals surface area contributed by atoms with E-state index in [1.54, 1.807) is 6.92 Å². The van der Waals surface area contributed by atoms with Crippen molar-refractivity contribution < 1.29 is 23.1 Å². The van der Waals surface area contributed by atoms with Crippen molar-refractivity contribution in [2.75, 3.05) is 0 Å². The maximum absolute atomic E-state index is 11.5. The maximum Gasteiger partial charge on any atom is 0.326 e. The van der Waals surface area contributed by atoms with E-state index < -0.39 is 28.1 Å². The molecule has 0 bridgehead atoms. The van der Waals surface area contributed by atoms with Crippen LogP contribution in [0.4, 0.5) is 4.79 Å². The van der Waals surface area contributed by atoms with E-state index in [0.29, 0.717) is 5.56 Å². The lowest BCUT2D eigenvalue weighted by molar-refractivity contribution is -0.139. The van der Waals surface area contributed by atoms with Crippen molar-refractivity contribution in [1.29, 1.82) is 0 Å². The summed E-state index contributed by atoms with van der Waals surface area (Å²) in [4.78, 5) is 22.3. The van der Waals surface area contributed by atoms with Crippen LogP contribution in [0.2, 0.25) is 0 Å². The van der Waals surface area contributed by atoms with Crippen LogP contribution < -0.4 is 15.8 Å². The molecule has 1 aromatic rings. The van der Waals surface area contributed by atoms with Crippen molar-refractivity contribution in [2.24, 2.45) is 5.14 Å². The number of primary sulfonamides is 1. The molecule has 0 aliphatic heterocycles. The van der Waals surface area contributed by atoms with Gasteiger partial charge >= 0.3 is 12.0 Å². The summed E-state index contributed by atoms with van der Waals surface area (Å²) in [7, 11) is -3.74. The van der Waals surface area contributed by atoms with Gasteiger partial charge in [-0.25, -0.2) is 23.1 Å². The highest BCUT2D eigenvalue weighted by atomic mass is 32.2. The van der Waals surface area contributed by atoms with Crippen molar-refractivity contribution >= 4 is 22.0 Å². The van der Waals surface area contributed by atoms with Crippen molar-refractivity contribution in [3.05, 3.63) is 29.8 Å². The van der Waals surface area contributed by atoms with Crippen molar-refractivity contribution in [1.82, 2.24) is 10.6 Å². The van der Waals surface area contributed by atoms with Crippen LogP contribution in [-0.2, 0) is 21.4 Å². The molecule has 0 aromatic heterocycles. The number of urea groups is 1. The van der Waals surface area contributed by atoms with E-state index in [9.17, 15) is 18.0 Å². The van der Waals surface area contributed by atoms with E-state index >= 15 is 0 Å². The van der Waals surface area contributed by atoms with Crippen LogP contribution in [0, 0.1) is 0 Å². The molecular formula is C12H17N3O5S. The van der Waals surface area contributed by atoms with Crippen molar-refractivity contribution in [3.8, 4) is 0 Å². The normalized spacial score (nSPS) is 12.5. The standard InChI is InChI=1S/C12H17N3O5S/c1-2-10(11(16)17)15-12(18)14-7-8-3-5-9(6-4-8)21(13,19)20/h3-6,10H,2,7H2,1H3,(H,16,17)(H2,13,19,20)(H2,14,15,18)/t10-/m1/s1. The number of nitrogens with one attached hydrogen (secondary N) is 2. The largest absolute Gasteiger partial charge is 0.480 e. The van der Waals surface area contributed by atoms with E-state index in [0.717, 1.165) is 0 Å². The van der Waals surface area contributed by atoms with Gasteiger partial charge in [0.1, 0.15) is 6.04 Å². The Labute approximate surface area is 122 Å². The Kier molecular flexibility index (Phi) is 5.68. The van der Waals surface area contributed by atoms with Crippen LogP contribution in [0.15, 0.2) is 29.2 Å². The Hall–Kier alpha value is -2.13. The van der Waals surface area contributed by atoms with Gasteiger partial charge in [0.05, 0.1) is 4.90 Å². The van der Waals surface area contributed by atoms with Crippen LogP contribution in [0.5, 0.6) is 0 Å². The minimum absolute atomic E-state index is 0.0207.